The fraction of sp³-hybridized carbons (Fsp3) is 0.182. The summed E-state index contributed by atoms with van der Waals surface area (Å²) in [5.41, 5.74) is 9.46. The van der Waals surface area contributed by atoms with Gasteiger partial charge in [-0.2, -0.15) is 0 Å². The monoisotopic (exact) mass is 439 g/mol. The molecule has 0 bridgehead atoms. The third-order valence-corrected chi connectivity index (χ3v) is 5.49. The molecule has 3 aromatic carbocycles. The van der Waals surface area contributed by atoms with Crippen LogP contribution in [0.1, 0.15) is 11.7 Å². The highest BCUT2D eigenvalue weighted by molar-refractivity contribution is 9.10. The average molecular weight is 440 g/mol. The molecule has 0 aliphatic heterocycles. The predicted octanol–water partition coefficient (Wildman–Crippen LogP) is 4.37. The fourth-order valence-corrected chi connectivity index (χ4v) is 3.54. The lowest BCUT2D eigenvalue weighted by molar-refractivity contribution is 0.172. The van der Waals surface area contributed by atoms with Crippen LogP contribution in [0.4, 0.5) is 5.69 Å². The summed E-state index contributed by atoms with van der Waals surface area (Å²) in [6, 6.07) is 19.8. The number of nitrogens with two attached hydrogens (primary N) is 1. The lowest BCUT2D eigenvalue weighted by atomic mass is 10.1. The van der Waals surface area contributed by atoms with E-state index in [1.165, 1.54) is 10.8 Å². The number of aromatic amines is 1. The van der Waals surface area contributed by atoms with Gasteiger partial charge < -0.3 is 25.9 Å². The van der Waals surface area contributed by atoms with E-state index in [1.807, 2.05) is 36.4 Å². The Morgan fingerprint density at radius 2 is 1.86 bits per heavy atom. The predicted molar refractivity (Wildman–Crippen MR) is 118 cm³/mol. The normalized spacial score (nSPS) is 12.5. The third-order valence-electron chi connectivity index (χ3n) is 4.77. The summed E-state index contributed by atoms with van der Waals surface area (Å²) in [5.74, 6) is 0.821. The smallest absolute Gasteiger partial charge is 0.121 e. The van der Waals surface area contributed by atoms with Crippen LogP contribution < -0.4 is 15.8 Å². The number of nitrogen functional groups attached to an aromatic ring is 1. The van der Waals surface area contributed by atoms with Gasteiger partial charge in [0.25, 0.3) is 0 Å². The molecular weight excluding hydrogens is 418 g/mol. The summed E-state index contributed by atoms with van der Waals surface area (Å²) >= 11 is 3.36. The number of hydrogen-bond acceptors (Lipinski definition) is 4. The first kappa shape index (κ1) is 18.8. The molecule has 5 N–H and O–H groups in total. The Bertz CT molecular complexity index is 1110. The molecule has 1 atom stereocenters. The largest absolute Gasteiger partial charge is 0.492 e. The Labute approximate surface area is 171 Å². The SMILES string of the molecule is Nc1cc([C@@H](O)CNCCOc2ccc3c(c2)[nH]c2ccccc23)ccc1Br. The van der Waals surface area contributed by atoms with E-state index in [0.29, 0.717) is 25.4 Å². The van der Waals surface area contributed by atoms with Crippen LogP contribution in [0.25, 0.3) is 21.8 Å². The summed E-state index contributed by atoms with van der Waals surface area (Å²) in [5, 5.41) is 15.9. The van der Waals surface area contributed by atoms with Crippen LogP contribution in [0.3, 0.4) is 0 Å². The topological polar surface area (TPSA) is 83.3 Å². The van der Waals surface area contributed by atoms with Crippen LogP contribution in [-0.4, -0.2) is 29.8 Å². The van der Waals surface area contributed by atoms with Crippen molar-refractivity contribution in [1.29, 1.82) is 0 Å². The van der Waals surface area contributed by atoms with Gasteiger partial charge in [0.15, 0.2) is 0 Å². The average Bonchev–Trinajstić information content (AvgIpc) is 3.07. The van der Waals surface area contributed by atoms with Crippen molar-refractivity contribution in [3.05, 3.63) is 70.7 Å². The molecule has 6 heteroatoms. The van der Waals surface area contributed by atoms with Crippen LogP contribution in [-0.2, 0) is 0 Å². The van der Waals surface area contributed by atoms with Gasteiger partial charge in [-0.1, -0.05) is 24.3 Å². The molecule has 5 nitrogen and oxygen atoms in total. The van der Waals surface area contributed by atoms with E-state index in [-0.39, 0.29) is 0 Å². The number of aromatic nitrogens is 1. The summed E-state index contributed by atoms with van der Waals surface area (Å²) in [6.45, 7) is 1.58. The minimum absolute atomic E-state index is 0.436. The van der Waals surface area contributed by atoms with E-state index in [0.717, 1.165) is 26.8 Å². The van der Waals surface area contributed by atoms with Gasteiger partial charge in [-0.3, -0.25) is 0 Å². The van der Waals surface area contributed by atoms with E-state index >= 15 is 0 Å². The first-order valence-corrected chi connectivity index (χ1v) is 9.98. The minimum atomic E-state index is -0.613. The standard InChI is InChI=1S/C22H22BrN3O2/c23-18-8-5-14(11-19(18)24)22(27)13-25-9-10-28-15-6-7-17-16-3-1-2-4-20(16)26-21(17)12-15/h1-8,11-12,22,25-27H,9-10,13,24H2/t22-/m0/s1. The zero-order chi connectivity index (χ0) is 19.5. The van der Waals surface area contributed by atoms with Gasteiger partial charge >= 0.3 is 0 Å². The molecule has 0 radical (unpaired) electrons. The minimum Gasteiger partial charge on any atom is -0.492 e. The van der Waals surface area contributed by atoms with Crippen molar-refractivity contribution in [2.75, 3.05) is 25.4 Å². The maximum atomic E-state index is 10.3. The molecule has 0 fully saturated rings. The third kappa shape index (κ3) is 3.99. The number of halogens is 1. The molecule has 1 aromatic heterocycles. The molecule has 1 heterocycles. The number of nitrogens with one attached hydrogen (secondary N) is 2. The molecule has 0 spiro atoms. The zero-order valence-electron chi connectivity index (χ0n) is 15.3. The molecule has 0 amide bonds. The van der Waals surface area contributed by atoms with Gasteiger partial charge in [-0.25, -0.2) is 0 Å². The highest BCUT2D eigenvalue weighted by atomic mass is 79.9. The van der Waals surface area contributed by atoms with Gasteiger partial charge in [0.05, 0.1) is 11.6 Å². The van der Waals surface area contributed by atoms with Crippen molar-refractivity contribution in [3.8, 4) is 5.75 Å². The summed E-state index contributed by atoms with van der Waals surface area (Å²) in [4.78, 5) is 3.42. The highest BCUT2D eigenvalue weighted by Crippen LogP contribution is 2.28. The molecule has 28 heavy (non-hydrogen) atoms. The molecule has 0 saturated carbocycles. The molecule has 0 unspecified atom stereocenters. The second kappa shape index (κ2) is 8.22. The Morgan fingerprint density at radius 1 is 1.04 bits per heavy atom. The number of ether oxygens (including phenoxy) is 1. The van der Waals surface area contributed by atoms with Crippen molar-refractivity contribution in [1.82, 2.24) is 10.3 Å². The molecule has 4 aromatic rings. The molecule has 0 aliphatic rings. The van der Waals surface area contributed by atoms with Crippen LogP contribution in [0.2, 0.25) is 0 Å². The Balaban J connectivity index is 1.29. The second-order valence-electron chi connectivity index (χ2n) is 6.73. The van der Waals surface area contributed by atoms with Gasteiger partial charge in [0.2, 0.25) is 0 Å². The number of H-pyrrole nitrogens is 1. The zero-order valence-corrected chi connectivity index (χ0v) is 16.9. The Hall–Kier alpha value is -2.54. The van der Waals surface area contributed by atoms with Crippen molar-refractivity contribution in [2.24, 2.45) is 0 Å². The van der Waals surface area contributed by atoms with Gasteiger partial charge in [0.1, 0.15) is 12.4 Å². The Morgan fingerprint density at radius 3 is 2.71 bits per heavy atom. The lowest BCUT2D eigenvalue weighted by Crippen LogP contribution is -2.26. The lowest BCUT2D eigenvalue weighted by Gasteiger charge is -2.14. The van der Waals surface area contributed by atoms with Crippen LogP contribution in [0.15, 0.2) is 65.1 Å². The Kier molecular flexibility index (Phi) is 5.52. The maximum absolute atomic E-state index is 10.3. The second-order valence-corrected chi connectivity index (χ2v) is 7.58. The van der Waals surface area contributed by atoms with Gasteiger partial charge in [-0.15, -0.1) is 0 Å². The van der Waals surface area contributed by atoms with E-state index in [9.17, 15) is 5.11 Å². The fourth-order valence-electron chi connectivity index (χ4n) is 3.29. The van der Waals surface area contributed by atoms with E-state index in [1.54, 1.807) is 6.07 Å². The number of aliphatic hydroxyl groups is 1. The summed E-state index contributed by atoms with van der Waals surface area (Å²) < 4.78 is 6.67. The molecule has 0 aliphatic carbocycles. The van der Waals surface area contributed by atoms with Crippen LogP contribution >= 0.6 is 15.9 Å². The van der Waals surface area contributed by atoms with Crippen molar-refractivity contribution in [3.63, 3.8) is 0 Å². The molecule has 0 saturated heterocycles. The van der Waals surface area contributed by atoms with Crippen LogP contribution in [0.5, 0.6) is 5.75 Å². The first-order chi connectivity index (χ1) is 13.6. The number of fused-ring (bicyclic) bond motifs is 3. The van der Waals surface area contributed by atoms with Crippen molar-refractivity contribution in [2.45, 2.75) is 6.10 Å². The van der Waals surface area contributed by atoms with Crippen LogP contribution in [0, 0.1) is 0 Å². The highest BCUT2D eigenvalue weighted by Gasteiger charge is 2.09. The van der Waals surface area contributed by atoms with E-state index in [4.69, 9.17) is 10.5 Å². The number of aliphatic hydroxyl groups excluding tert-OH is 1. The quantitative estimate of drug-likeness (QED) is 0.254. The number of para-hydroxylation sites is 1. The number of hydrogen-bond donors (Lipinski definition) is 4. The summed E-state index contributed by atoms with van der Waals surface area (Å²) in [7, 11) is 0. The number of benzene rings is 3. The van der Waals surface area contributed by atoms with E-state index in [2.05, 4.69) is 44.4 Å². The van der Waals surface area contributed by atoms with E-state index < -0.39 is 6.10 Å². The molecule has 144 valence electrons. The van der Waals surface area contributed by atoms with Gasteiger partial charge in [0, 0.05) is 45.6 Å². The van der Waals surface area contributed by atoms with Crippen molar-refractivity contribution >= 4 is 43.4 Å². The number of rotatable bonds is 7. The summed E-state index contributed by atoms with van der Waals surface area (Å²) in [6.07, 6.45) is -0.613. The molecular formula is C22H22BrN3O2. The van der Waals surface area contributed by atoms with Crippen molar-refractivity contribution < 1.29 is 9.84 Å². The first-order valence-electron chi connectivity index (χ1n) is 9.19. The molecule has 4 rings (SSSR count). The maximum Gasteiger partial charge on any atom is 0.121 e. The van der Waals surface area contributed by atoms with Gasteiger partial charge in [-0.05, 0) is 51.8 Å². The number of anilines is 1.